The van der Waals surface area contributed by atoms with Gasteiger partial charge in [-0.1, -0.05) is 30.8 Å². The lowest BCUT2D eigenvalue weighted by Crippen LogP contribution is -2.44. The predicted octanol–water partition coefficient (Wildman–Crippen LogP) is 3.58. The summed E-state index contributed by atoms with van der Waals surface area (Å²) in [5.41, 5.74) is 2.04. The number of fused-ring (bicyclic) bond motifs is 3. The first kappa shape index (κ1) is 22.2. The van der Waals surface area contributed by atoms with Crippen LogP contribution in [0.15, 0.2) is 53.7 Å². The number of thioether (sulfide) groups is 1. The lowest BCUT2D eigenvalue weighted by Gasteiger charge is -2.29. The van der Waals surface area contributed by atoms with Crippen molar-refractivity contribution < 1.29 is 14.5 Å². The number of aromatic nitrogens is 4. The van der Waals surface area contributed by atoms with Gasteiger partial charge in [-0.2, -0.15) is 4.52 Å². The highest BCUT2D eigenvalue weighted by molar-refractivity contribution is 8.00. The van der Waals surface area contributed by atoms with Gasteiger partial charge in [0.1, 0.15) is 0 Å². The van der Waals surface area contributed by atoms with Crippen molar-refractivity contribution in [3.8, 4) is 11.4 Å². The minimum Gasteiger partial charge on any atom is -0.378 e. The van der Waals surface area contributed by atoms with Crippen LogP contribution in [0, 0.1) is 10.1 Å². The van der Waals surface area contributed by atoms with Gasteiger partial charge in [-0.05, 0) is 30.7 Å². The second kappa shape index (κ2) is 9.35. The Kier molecular flexibility index (Phi) is 6.12. The molecule has 0 bridgehead atoms. The Morgan fingerprint density at radius 3 is 2.59 bits per heavy atom. The predicted molar refractivity (Wildman–Crippen MR) is 128 cm³/mol. The van der Waals surface area contributed by atoms with E-state index in [9.17, 15) is 14.9 Å². The van der Waals surface area contributed by atoms with E-state index < -0.39 is 4.92 Å². The summed E-state index contributed by atoms with van der Waals surface area (Å²) in [6.45, 7) is 4.26. The fraction of sp³-hybridized carbons (Fsp3) is 0.304. The summed E-state index contributed by atoms with van der Waals surface area (Å²) in [4.78, 5) is 35.1. The molecule has 1 atom stereocenters. The topological polar surface area (TPSA) is 116 Å². The summed E-state index contributed by atoms with van der Waals surface area (Å²) in [5.74, 6) is 0.497. The monoisotopic (exact) mass is 478 g/mol. The van der Waals surface area contributed by atoms with Gasteiger partial charge >= 0.3 is 0 Å². The molecule has 2 aromatic carbocycles. The van der Waals surface area contributed by atoms with E-state index in [2.05, 4.69) is 5.10 Å². The number of benzene rings is 2. The van der Waals surface area contributed by atoms with Gasteiger partial charge in [0.25, 0.3) is 5.69 Å². The van der Waals surface area contributed by atoms with Gasteiger partial charge in [0.15, 0.2) is 16.6 Å². The Morgan fingerprint density at radius 1 is 1.15 bits per heavy atom. The van der Waals surface area contributed by atoms with Gasteiger partial charge in [0.2, 0.25) is 5.91 Å². The molecule has 10 nitrogen and oxygen atoms in total. The molecule has 34 heavy (non-hydrogen) atoms. The van der Waals surface area contributed by atoms with E-state index in [1.807, 2.05) is 36.1 Å². The third-order valence-corrected chi connectivity index (χ3v) is 7.00. The van der Waals surface area contributed by atoms with Crippen LogP contribution in [-0.2, 0) is 9.53 Å². The van der Waals surface area contributed by atoms with Crippen LogP contribution >= 0.6 is 11.8 Å². The van der Waals surface area contributed by atoms with Gasteiger partial charge < -0.3 is 9.64 Å². The van der Waals surface area contributed by atoms with Crippen molar-refractivity contribution in [1.29, 1.82) is 0 Å². The highest BCUT2D eigenvalue weighted by atomic mass is 32.2. The highest BCUT2D eigenvalue weighted by Gasteiger charge is 2.27. The third kappa shape index (κ3) is 4.19. The van der Waals surface area contributed by atoms with Gasteiger partial charge in [-0.25, -0.2) is 9.97 Å². The number of nitro groups is 1. The van der Waals surface area contributed by atoms with E-state index in [4.69, 9.17) is 14.7 Å². The number of hydrogen-bond acceptors (Lipinski definition) is 8. The molecule has 0 spiro atoms. The molecule has 4 aromatic rings. The molecular formula is C23H22N6O4S. The molecule has 0 aliphatic carbocycles. The van der Waals surface area contributed by atoms with Crippen molar-refractivity contribution in [3.05, 3.63) is 58.6 Å². The minimum atomic E-state index is -0.441. The smallest absolute Gasteiger partial charge is 0.269 e. The van der Waals surface area contributed by atoms with Crippen LogP contribution in [0.1, 0.15) is 13.3 Å². The molecule has 1 aliphatic heterocycles. The molecule has 1 fully saturated rings. The Labute approximate surface area is 199 Å². The van der Waals surface area contributed by atoms with Gasteiger partial charge in [0, 0.05) is 36.2 Å². The number of rotatable bonds is 6. The van der Waals surface area contributed by atoms with Crippen LogP contribution in [0.2, 0.25) is 0 Å². The third-order valence-electron chi connectivity index (χ3n) is 5.70. The molecule has 0 radical (unpaired) electrons. The molecule has 5 rings (SSSR count). The summed E-state index contributed by atoms with van der Waals surface area (Å²) in [6, 6.07) is 13.8. The number of nitro benzene ring substituents is 1. The zero-order chi connectivity index (χ0) is 23.7. The van der Waals surface area contributed by atoms with Gasteiger partial charge in [0.05, 0.1) is 28.9 Å². The zero-order valence-corrected chi connectivity index (χ0v) is 19.3. The molecule has 0 unspecified atom stereocenters. The molecule has 0 N–H and O–H groups in total. The maximum absolute atomic E-state index is 13.2. The molecule has 1 aliphatic rings. The average Bonchev–Trinajstić information content (AvgIpc) is 3.33. The number of nitrogens with zero attached hydrogens (tertiary/aromatic N) is 6. The van der Waals surface area contributed by atoms with Crippen LogP contribution in [0.5, 0.6) is 0 Å². The second-order valence-corrected chi connectivity index (χ2v) is 9.01. The largest absolute Gasteiger partial charge is 0.378 e. The van der Waals surface area contributed by atoms with Crippen LogP contribution < -0.4 is 0 Å². The van der Waals surface area contributed by atoms with Gasteiger partial charge in [-0.15, -0.1) is 5.10 Å². The second-order valence-electron chi connectivity index (χ2n) is 7.84. The molecule has 1 amide bonds. The summed E-state index contributed by atoms with van der Waals surface area (Å²) < 4.78 is 7.05. The van der Waals surface area contributed by atoms with Crippen molar-refractivity contribution >= 4 is 39.9 Å². The summed E-state index contributed by atoms with van der Waals surface area (Å²) in [7, 11) is 0. The Morgan fingerprint density at radius 2 is 1.88 bits per heavy atom. The van der Waals surface area contributed by atoms with Crippen LogP contribution in [-0.4, -0.2) is 66.9 Å². The number of amides is 1. The number of hydrogen-bond donors (Lipinski definition) is 0. The van der Waals surface area contributed by atoms with Crippen LogP contribution in [0.4, 0.5) is 5.69 Å². The summed E-state index contributed by atoms with van der Waals surface area (Å²) >= 11 is 1.38. The maximum atomic E-state index is 13.2. The normalized spacial score (nSPS) is 15.0. The Hall–Kier alpha value is -3.57. The fourth-order valence-corrected chi connectivity index (χ4v) is 4.93. The molecule has 11 heteroatoms. The highest BCUT2D eigenvalue weighted by Crippen LogP contribution is 2.31. The van der Waals surface area contributed by atoms with E-state index in [-0.39, 0.29) is 16.8 Å². The lowest BCUT2D eigenvalue weighted by atomic mass is 10.2. The van der Waals surface area contributed by atoms with E-state index >= 15 is 0 Å². The fourth-order valence-electron chi connectivity index (χ4n) is 3.88. The van der Waals surface area contributed by atoms with E-state index in [1.165, 1.54) is 23.9 Å². The number of non-ortho nitro benzene ring substituents is 1. The number of para-hydroxylation sites is 1. The Balaban J connectivity index is 1.56. The Bertz CT molecular complexity index is 1370. The number of carbonyl (C=O) groups excluding carboxylic acids is 1. The zero-order valence-electron chi connectivity index (χ0n) is 18.5. The molecule has 0 saturated carbocycles. The van der Waals surface area contributed by atoms with E-state index in [1.54, 1.807) is 16.6 Å². The molecular weight excluding hydrogens is 456 g/mol. The van der Waals surface area contributed by atoms with Crippen molar-refractivity contribution in [2.75, 3.05) is 26.3 Å². The average molecular weight is 479 g/mol. The van der Waals surface area contributed by atoms with Crippen molar-refractivity contribution in [3.63, 3.8) is 0 Å². The van der Waals surface area contributed by atoms with Crippen LogP contribution in [0.25, 0.3) is 27.9 Å². The maximum Gasteiger partial charge on any atom is 0.269 e. The summed E-state index contributed by atoms with van der Waals surface area (Å²) in [6.07, 6.45) is 0.640. The van der Waals surface area contributed by atoms with Gasteiger partial charge in [-0.3, -0.25) is 14.9 Å². The van der Waals surface area contributed by atoms with Crippen molar-refractivity contribution in [1.82, 2.24) is 24.5 Å². The standard InChI is InChI=1S/C23H22N6O4S/c1-2-19(22(30)27-11-13-33-14-12-27)34-23-24-18-6-4-3-5-17(18)21-25-20(26-28(21)23)15-7-9-16(10-8-15)29(31)32/h3-10,19H,2,11-14H2,1H3/t19-/m0/s1. The van der Waals surface area contributed by atoms with Crippen molar-refractivity contribution in [2.45, 2.75) is 23.8 Å². The first-order chi connectivity index (χ1) is 16.5. The molecule has 2 aromatic heterocycles. The van der Waals surface area contributed by atoms with Crippen LogP contribution in [0.3, 0.4) is 0 Å². The molecule has 174 valence electrons. The minimum absolute atomic E-state index is 0.00304. The number of ether oxygens (including phenoxy) is 1. The molecule has 3 heterocycles. The van der Waals surface area contributed by atoms with Crippen molar-refractivity contribution in [2.24, 2.45) is 0 Å². The van der Waals surface area contributed by atoms with E-state index in [0.717, 1.165) is 10.9 Å². The lowest BCUT2D eigenvalue weighted by molar-refractivity contribution is -0.384. The number of morpholine rings is 1. The number of carbonyl (C=O) groups is 1. The summed E-state index contributed by atoms with van der Waals surface area (Å²) in [5, 5.41) is 16.8. The first-order valence-electron chi connectivity index (χ1n) is 11.0. The SMILES string of the molecule is CC[C@H](Sc1nc2ccccc2c2nc(-c3ccc([N+](=O)[O-])cc3)nn12)C(=O)N1CCOCC1. The van der Waals surface area contributed by atoms with E-state index in [0.29, 0.717) is 54.9 Å². The quantitative estimate of drug-likeness (QED) is 0.179. The first-order valence-corrected chi connectivity index (χ1v) is 11.9. The molecule has 1 saturated heterocycles.